The Morgan fingerprint density at radius 1 is 1.09 bits per heavy atom. The molecule has 0 saturated heterocycles. The van der Waals surface area contributed by atoms with E-state index in [0.717, 1.165) is 17.2 Å². The Hall–Kier alpha value is -2.49. The van der Waals surface area contributed by atoms with Gasteiger partial charge < -0.3 is 5.11 Å². The van der Waals surface area contributed by atoms with Crippen LogP contribution in [-0.4, -0.2) is 11.1 Å². The van der Waals surface area contributed by atoms with Gasteiger partial charge in [0.05, 0.1) is 0 Å². The van der Waals surface area contributed by atoms with E-state index in [9.17, 15) is 13.6 Å². The number of allylic oxidation sites excluding steroid dienone is 1. The predicted molar refractivity (Wildman–Crippen MR) is 83.1 cm³/mol. The summed E-state index contributed by atoms with van der Waals surface area (Å²) in [6.45, 7) is 1.91. The number of hydrogen-bond donors (Lipinski definition) is 1. The number of halogens is 2. The van der Waals surface area contributed by atoms with Crippen LogP contribution in [0, 0.1) is 17.0 Å². The van der Waals surface area contributed by atoms with Crippen molar-refractivity contribution >= 4 is 5.97 Å². The van der Waals surface area contributed by atoms with E-state index < -0.39 is 16.8 Å². The number of aliphatic carboxylic acids is 1. The van der Waals surface area contributed by atoms with Gasteiger partial charge in [-0.25, -0.2) is 13.6 Å². The molecule has 0 spiro atoms. The third kappa shape index (κ3) is 2.54. The van der Waals surface area contributed by atoms with Gasteiger partial charge in [-0.2, -0.15) is 0 Å². The van der Waals surface area contributed by atoms with E-state index >= 15 is 0 Å². The van der Waals surface area contributed by atoms with Crippen LogP contribution in [-0.2, 0) is 10.2 Å². The first-order valence-corrected chi connectivity index (χ1v) is 7.32. The highest BCUT2D eigenvalue weighted by molar-refractivity contribution is 5.80. The third-order valence-corrected chi connectivity index (χ3v) is 4.71. The zero-order valence-corrected chi connectivity index (χ0v) is 12.6. The van der Waals surface area contributed by atoms with Gasteiger partial charge in [-0.3, -0.25) is 0 Å². The zero-order chi connectivity index (χ0) is 16.7. The largest absolute Gasteiger partial charge is 0.478 e. The van der Waals surface area contributed by atoms with Gasteiger partial charge in [0.2, 0.25) is 0 Å². The second-order valence-electron chi connectivity index (χ2n) is 6.19. The summed E-state index contributed by atoms with van der Waals surface area (Å²) in [7, 11) is 0. The summed E-state index contributed by atoms with van der Waals surface area (Å²) in [4.78, 5) is 10.9. The SMILES string of the molecule is C[C@@]1(C=CC(=O)O)CC1(c1cccc(F)c1)c1cccc(F)c1. The minimum absolute atomic E-state index is 0.366. The van der Waals surface area contributed by atoms with Crippen molar-refractivity contribution in [1.29, 1.82) is 0 Å². The average Bonchev–Trinajstić information content (AvgIpc) is 3.13. The van der Waals surface area contributed by atoms with Gasteiger partial charge in [0.1, 0.15) is 11.6 Å². The van der Waals surface area contributed by atoms with E-state index in [2.05, 4.69) is 0 Å². The van der Waals surface area contributed by atoms with Crippen molar-refractivity contribution in [3.8, 4) is 0 Å². The molecule has 1 aliphatic carbocycles. The minimum Gasteiger partial charge on any atom is -0.478 e. The van der Waals surface area contributed by atoms with Crippen LogP contribution in [0.1, 0.15) is 24.5 Å². The maximum Gasteiger partial charge on any atom is 0.327 e. The van der Waals surface area contributed by atoms with Crippen molar-refractivity contribution < 1.29 is 18.7 Å². The summed E-state index contributed by atoms with van der Waals surface area (Å²) in [5.41, 5.74) is 0.317. The zero-order valence-electron chi connectivity index (χ0n) is 12.6. The quantitative estimate of drug-likeness (QED) is 0.854. The van der Waals surface area contributed by atoms with Crippen LogP contribution in [0.25, 0.3) is 0 Å². The first-order chi connectivity index (χ1) is 10.9. The molecule has 0 amide bonds. The number of rotatable bonds is 4. The molecule has 2 nitrogen and oxygen atoms in total. The van der Waals surface area contributed by atoms with Crippen molar-refractivity contribution in [2.75, 3.05) is 0 Å². The summed E-state index contributed by atoms with van der Waals surface area (Å²) in [5.74, 6) is -1.77. The van der Waals surface area contributed by atoms with Crippen LogP contribution in [0.15, 0.2) is 60.7 Å². The highest BCUT2D eigenvalue weighted by Crippen LogP contribution is 2.68. The second-order valence-corrected chi connectivity index (χ2v) is 6.19. The third-order valence-electron chi connectivity index (χ3n) is 4.71. The molecular formula is C19H16F2O2. The van der Waals surface area contributed by atoms with Gasteiger partial charge in [0.15, 0.2) is 0 Å². The maximum absolute atomic E-state index is 13.7. The highest BCUT2D eigenvalue weighted by atomic mass is 19.1. The van der Waals surface area contributed by atoms with Crippen LogP contribution >= 0.6 is 0 Å². The van der Waals surface area contributed by atoms with E-state index in [1.54, 1.807) is 30.3 Å². The Kier molecular flexibility index (Phi) is 3.55. The Morgan fingerprint density at radius 3 is 2.04 bits per heavy atom. The number of hydrogen-bond acceptors (Lipinski definition) is 1. The molecule has 0 aromatic heterocycles. The predicted octanol–water partition coefficient (Wildman–Crippen LogP) is 4.30. The molecule has 0 radical (unpaired) electrons. The van der Waals surface area contributed by atoms with Crippen LogP contribution in [0.2, 0.25) is 0 Å². The van der Waals surface area contributed by atoms with Crippen molar-refractivity contribution in [2.45, 2.75) is 18.8 Å². The maximum atomic E-state index is 13.7. The number of carboxylic acid groups (broad SMARTS) is 1. The van der Waals surface area contributed by atoms with Crippen molar-refractivity contribution in [2.24, 2.45) is 5.41 Å². The molecule has 4 heteroatoms. The van der Waals surface area contributed by atoms with E-state index in [0.29, 0.717) is 6.42 Å². The molecule has 1 atom stereocenters. The molecule has 1 aliphatic rings. The van der Waals surface area contributed by atoms with Crippen molar-refractivity contribution in [3.63, 3.8) is 0 Å². The summed E-state index contributed by atoms with van der Waals surface area (Å²) in [5, 5.41) is 8.90. The molecule has 0 aliphatic heterocycles. The van der Waals surface area contributed by atoms with Gasteiger partial charge >= 0.3 is 5.97 Å². The topological polar surface area (TPSA) is 37.3 Å². The molecule has 2 aromatic carbocycles. The molecule has 1 N–H and O–H groups in total. The molecule has 118 valence electrons. The first-order valence-electron chi connectivity index (χ1n) is 7.32. The Balaban J connectivity index is 2.15. The van der Waals surface area contributed by atoms with Gasteiger partial charge in [-0.1, -0.05) is 37.3 Å². The Morgan fingerprint density at radius 2 is 1.61 bits per heavy atom. The van der Waals surface area contributed by atoms with Gasteiger partial charge in [0, 0.05) is 16.9 Å². The minimum atomic E-state index is -1.04. The molecule has 1 saturated carbocycles. The van der Waals surface area contributed by atoms with Crippen LogP contribution < -0.4 is 0 Å². The smallest absolute Gasteiger partial charge is 0.327 e. The molecule has 1 fully saturated rings. The van der Waals surface area contributed by atoms with Crippen LogP contribution in [0.3, 0.4) is 0 Å². The molecule has 2 aromatic rings. The number of carboxylic acids is 1. The summed E-state index contributed by atoms with van der Waals surface area (Å²) in [6.07, 6.45) is 3.31. The number of carbonyl (C=O) groups is 1. The molecule has 0 unspecified atom stereocenters. The fraction of sp³-hybridized carbons (Fsp3) is 0.211. The van der Waals surface area contributed by atoms with Crippen LogP contribution in [0.5, 0.6) is 0 Å². The van der Waals surface area contributed by atoms with E-state index in [1.165, 1.54) is 24.3 Å². The lowest BCUT2D eigenvalue weighted by Crippen LogP contribution is -2.17. The molecule has 0 heterocycles. The Labute approximate surface area is 133 Å². The van der Waals surface area contributed by atoms with Crippen LogP contribution in [0.4, 0.5) is 8.78 Å². The van der Waals surface area contributed by atoms with Gasteiger partial charge in [-0.15, -0.1) is 0 Å². The number of benzene rings is 2. The highest BCUT2D eigenvalue weighted by Gasteiger charge is 2.64. The molecular weight excluding hydrogens is 298 g/mol. The van der Waals surface area contributed by atoms with Gasteiger partial charge in [-0.05, 0) is 41.8 Å². The first kappa shape index (κ1) is 15.4. The lowest BCUT2D eigenvalue weighted by Gasteiger charge is -2.22. The lowest BCUT2D eigenvalue weighted by molar-refractivity contribution is -0.131. The van der Waals surface area contributed by atoms with Gasteiger partial charge in [0.25, 0.3) is 0 Å². The monoisotopic (exact) mass is 314 g/mol. The van der Waals surface area contributed by atoms with Crippen molar-refractivity contribution in [1.82, 2.24) is 0 Å². The standard InChI is InChI=1S/C19H16F2O2/c1-18(9-8-17(22)23)12-19(18,13-4-2-6-15(20)10-13)14-5-3-7-16(21)11-14/h2-11H,12H2,1H3,(H,22,23)/t18-/m1/s1. The van der Waals surface area contributed by atoms with Crippen molar-refractivity contribution in [3.05, 3.63) is 83.4 Å². The molecule has 23 heavy (non-hydrogen) atoms. The molecule has 3 rings (SSSR count). The normalized spacial score (nSPS) is 22.2. The van der Waals surface area contributed by atoms with E-state index in [1.807, 2.05) is 6.92 Å². The lowest BCUT2D eigenvalue weighted by atomic mass is 9.80. The average molecular weight is 314 g/mol. The fourth-order valence-corrected chi connectivity index (χ4v) is 3.50. The Bertz CT molecular complexity index is 752. The molecule has 0 bridgehead atoms. The van der Waals surface area contributed by atoms with E-state index in [-0.39, 0.29) is 11.6 Å². The van der Waals surface area contributed by atoms with E-state index in [4.69, 9.17) is 5.11 Å². The summed E-state index contributed by atoms with van der Waals surface area (Å²) in [6, 6.07) is 12.4. The fourth-order valence-electron chi connectivity index (χ4n) is 3.50. The summed E-state index contributed by atoms with van der Waals surface area (Å²) < 4.78 is 27.4. The second kappa shape index (κ2) is 5.30. The summed E-state index contributed by atoms with van der Waals surface area (Å²) >= 11 is 0.